The standard InChI is InChI=1S/C11H22N2S/c1-8(12)10-3-5-13(7-10)11-4-6-14-9(11)2/h8-11H,3-7,12H2,1-2H3. The van der Waals surface area contributed by atoms with Gasteiger partial charge in [0.2, 0.25) is 0 Å². The molecule has 0 amide bonds. The minimum absolute atomic E-state index is 0.379. The maximum atomic E-state index is 5.96. The lowest BCUT2D eigenvalue weighted by molar-refractivity contribution is 0.231. The van der Waals surface area contributed by atoms with Crippen molar-refractivity contribution in [3.63, 3.8) is 0 Å². The van der Waals surface area contributed by atoms with Crippen LogP contribution in [0.3, 0.4) is 0 Å². The Bertz CT molecular complexity index is 196. The van der Waals surface area contributed by atoms with Crippen LogP contribution in [0.25, 0.3) is 0 Å². The molecule has 82 valence electrons. The average molecular weight is 214 g/mol. The van der Waals surface area contributed by atoms with Crippen LogP contribution in [0, 0.1) is 5.92 Å². The van der Waals surface area contributed by atoms with Gasteiger partial charge in [0.25, 0.3) is 0 Å². The van der Waals surface area contributed by atoms with Crippen LogP contribution in [0.5, 0.6) is 0 Å². The van der Waals surface area contributed by atoms with Gasteiger partial charge in [-0.15, -0.1) is 0 Å². The van der Waals surface area contributed by atoms with E-state index in [0.717, 1.165) is 17.2 Å². The maximum Gasteiger partial charge on any atom is 0.0220 e. The molecule has 0 radical (unpaired) electrons. The third-order valence-corrected chi connectivity index (χ3v) is 5.12. The lowest BCUT2D eigenvalue weighted by Crippen LogP contribution is -2.38. The van der Waals surface area contributed by atoms with Gasteiger partial charge in [-0.2, -0.15) is 11.8 Å². The lowest BCUT2D eigenvalue weighted by Gasteiger charge is -2.27. The topological polar surface area (TPSA) is 29.3 Å². The zero-order valence-electron chi connectivity index (χ0n) is 9.28. The fourth-order valence-electron chi connectivity index (χ4n) is 2.75. The third kappa shape index (κ3) is 2.10. The first-order valence-electron chi connectivity index (χ1n) is 5.79. The van der Waals surface area contributed by atoms with Crippen molar-refractivity contribution in [1.29, 1.82) is 0 Å². The molecule has 4 unspecified atom stereocenters. The second-order valence-corrected chi connectivity index (χ2v) is 6.32. The van der Waals surface area contributed by atoms with E-state index >= 15 is 0 Å². The van der Waals surface area contributed by atoms with Crippen LogP contribution in [-0.4, -0.2) is 41.1 Å². The quantitative estimate of drug-likeness (QED) is 0.756. The first-order chi connectivity index (χ1) is 6.68. The molecule has 0 aromatic carbocycles. The van der Waals surface area contributed by atoms with Crippen LogP contribution in [-0.2, 0) is 0 Å². The first-order valence-corrected chi connectivity index (χ1v) is 6.84. The molecule has 2 nitrogen and oxygen atoms in total. The fraction of sp³-hybridized carbons (Fsp3) is 1.00. The van der Waals surface area contributed by atoms with Gasteiger partial charge in [0, 0.05) is 23.9 Å². The van der Waals surface area contributed by atoms with Gasteiger partial charge in [0.15, 0.2) is 0 Å². The molecule has 2 fully saturated rings. The molecule has 0 aliphatic carbocycles. The van der Waals surface area contributed by atoms with Gasteiger partial charge in [0.05, 0.1) is 0 Å². The van der Waals surface area contributed by atoms with E-state index in [1.165, 1.54) is 31.7 Å². The molecule has 4 atom stereocenters. The Morgan fingerprint density at radius 1 is 1.43 bits per heavy atom. The average Bonchev–Trinajstić information content (AvgIpc) is 2.71. The van der Waals surface area contributed by atoms with E-state index < -0.39 is 0 Å². The van der Waals surface area contributed by atoms with Gasteiger partial charge in [-0.1, -0.05) is 6.92 Å². The van der Waals surface area contributed by atoms with Crippen molar-refractivity contribution in [2.75, 3.05) is 18.8 Å². The summed E-state index contributed by atoms with van der Waals surface area (Å²) in [5.41, 5.74) is 5.96. The summed E-state index contributed by atoms with van der Waals surface area (Å²) in [6.07, 6.45) is 2.70. The predicted molar refractivity (Wildman–Crippen MR) is 63.7 cm³/mol. The lowest BCUT2D eigenvalue weighted by atomic mass is 10.0. The van der Waals surface area contributed by atoms with E-state index in [0.29, 0.717) is 6.04 Å². The van der Waals surface area contributed by atoms with Crippen LogP contribution < -0.4 is 5.73 Å². The SMILES string of the molecule is CC(N)C1CCN(C2CCSC2C)C1. The summed E-state index contributed by atoms with van der Waals surface area (Å²) in [5, 5.41) is 0.835. The van der Waals surface area contributed by atoms with Crippen LogP contribution >= 0.6 is 11.8 Å². The Kier molecular flexibility index (Phi) is 3.40. The van der Waals surface area contributed by atoms with Crippen molar-refractivity contribution in [2.24, 2.45) is 11.7 Å². The number of likely N-dealkylation sites (tertiary alicyclic amines) is 1. The van der Waals surface area contributed by atoms with Crippen LogP contribution in [0.1, 0.15) is 26.7 Å². The smallest absolute Gasteiger partial charge is 0.0220 e. The minimum atomic E-state index is 0.379. The van der Waals surface area contributed by atoms with Gasteiger partial charge in [-0.05, 0) is 38.0 Å². The molecule has 0 spiro atoms. The minimum Gasteiger partial charge on any atom is -0.328 e. The van der Waals surface area contributed by atoms with Gasteiger partial charge < -0.3 is 5.73 Å². The highest BCUT2D eigenvalue weighted by Crippen LogP contribution is 2.33. The zero-order chi connectivity index (χ0) is 10.1. The Balaban J connectivity index is 1.88. The summed E-state index contributed by atoms with van der Waals surface area (Å²) in [7, 11) is 0. The Hall–Kier alpha value is 0.270. The largest absolute Gasteiger partial charge is 0.328 e. The molecule has 0 saturated carbocycles. The number of rotatable bonds is 2. The highest BCUT2D eigenvalue weighted by Gasteiger charge is 2.35. The first kappa shape index (κ1) is 10.8. The summed E-state index contributed by atoms with van der Waals surface area (Å²) >= 11 is 2.13. The number of hydrogen-bond acceptors (Lipinski definition) is 3. The molecule has 2 N–H and O–H groups in total. The van der Waals surface area contributed by atoms with E-state index in [1.54, 1.807) is 0 Å². The summed E-state index contributed by atoms with van der Waals surface area (Å²) in [4.78, 5) is 2.68. The summed E-state index contributed by atoms with van der Waals surface area (Å²) in [5.74, 6) is 2.10. The van der Waals surface area contributed by atoms with Crippen molar-refractivity contribution in [3.8, 4) is 0 Å². The third-order valence-electron chi connectivity index (χ3n) is 3.80. The van der Waals surface area contributed by atoms with Gasteiger partial charge in [-0.3, -0.25) is 4.90 Å². The molecule has 0 aromatic heterocycles. The summed E-state index contributed by atoms with van der Waals surface area (Å²) in [6.45, 7) is 7.05. The van der Waals surface area contributed by atoms with Crippen molar-refractivity contribution < 1.29 is 0 Å². The normalized spacial score (nSPS) is 41.8. The summed E-state index contributed by atoms with van der Waals surface area (Å²) < 4.78 is 0. The van der Waals surface area contributed by atoms with Crippen molar-refractivity contribution in [3.05, 3.63) is 0 Å². The summed E-state index contributed by atoms with van der Waals surface area (Å²) in [6, 6.07) is 1.22. The van der Waals surface area contributed by atoms with Crippen LogP contribution in [0.15, 0.2) is 0 Å². The molecule has 2 saturated heterocycles. The molecule has 14 heavy (non-hydrogen) atoms. The maximum absolute atomic E-state index is 5.96. The van der Waals surface area contributed by atoms with E-state index in [1.807, 2.05) is 0 Å². The highest BCUT2D eigenvalue weighted by molar-refractivity contribution is 8.00. The van der Waals surface area contributed by atoms with E-state index in [9.17, 15) is 0 Å². The molecule has 0 bridgehead atoms. The molecule has 2 aliphatic heterocycles. The molecular weight excluding hydrogens is 192 g/mol. The molecular formula is C11H22N2S. The second kappa shape index (κ2) is 4.42. The highest BCUT2D eigenvalue weighted by atomic mass is 32.2. The molecule has 3 heteroatoms. The molecule has 2 heterocycles. The van der Waals surface area contributed by atoms with Crippen LogP contribution in [0.2, 0.25) is 0 Å². The number of hydrogen-bond donors (Lipinski definition) is 1. The number of thioether (sulfide) groups is 1. The van der Waals surface area contributed by atoms with E-state index in [2.05, 4.69) is 30.5 Å². The predicted octanol–water partition coefficient (Wildman–Crippen LogP) is 1.55. The van der Waals surface area contributed by atoms with Crippen LogP contribution in [0.4, 0.5) is 0 Å². The van der Waals surface area contributed by atoms with Crippen molar-refractivity contribution in [2.45, 2.75) is 44.0 Å². The number of nitrogens with two attached hydrogens (primary N) is 1. The second-order valence-electron chi connectivity index (χ2n) is 4.83. The van der Waals surface area contributed by atoms with Gasteiger partial charge in [-0.25, -0.2) is 0 Å². The van der Waals surface area contributed by atoms with E-state index in [-0.39, 0.29) is 0 Å². The van der Waals surface area contributed by atoms with Crippen molar-refractivity contribution in [1.82, 2.24) is 4.90 Å². The Morgan fingerprint density at radius 3 is 2.71 bits per heavy atom. The fourth-order valence-corrected chi connectivity index (χ4v) is 4.03. The molecule has 2 aliphatic rings. The zero-order valence-corrected chi connectivity index (χ0v) is 10.1. The Labute approximate surface area is 91.6 Å². The molecule has 2 rings (SSSR count). The van der Waals surface area contributed by atoms with Gasteiger partial charge >= 0.3 is 0 Å². The van der Waals surface area contributed by atoms with Crippen molar-refractivity contribution >= 4 is 11.8 Å². The monoisotopic (exact) mass is 214 g/mol. The molecule has 0 aromatic rings. The van der Waals surface area contributed by atoms with Gasteiger partial charge in [0.1, 0.15) is 0 Å². The number of nitrogens with zero attached hydrogens (tertiary/aromatic N) is 1. The van der Waals surface area contributed by atoms with E-state index in [4.69, 9.17) is 5.73 Å². The Morgan fingerprint density at radius 2 is 2.21 bits per heavy atom.